The molecule has 0 aromatic carbocycles. The van der Waals surface area contributed by atoms with E-state index in [2.05, 4.69) is 0 Å². The third kappa shape index (κ3) is 5.34. The van der Waals surface area contributed by atoms with E-state index in [1.54, 1.807) is 0 Å². The van der Waals surface area contributed by atoms with Gasteiger partial charge < -0.3 is 62.3 Å². The van der Waals surface area contributed by atoms with Gasteiger partial charge in [0.25, 0.3) is 0 Å². The van der Waals surface area contributed by atoms with Crippen molar-refractivity contribution < 1.29 is 43.8 Å². The van der Waals surface area contributed by atoms with Crippen molar-refractivity contribution in [1.29, 1.82) is 0 Å². The van der Waals surface area contributed by atoms with E-state index in [0.29, 0.717) is 12.8 Å². The van der Waals surface area contributed by atoms with E-state index in [0.717, 1.165) is 0 Å². The van der Waals surface area contributed by atoms with Crippen LogP contribution in [-0.4, -0.2) is 113 Å². The highest BCUT2D eigenvalue weighted by Crippen LogP contribution is 2.30. The number of hydrogen-bond donors (Lipinski definition) is 8. The zero-order valence-corrected chi connectivity index (χ0v) is 17.2. The summed E-state index contributed by atoms with van der Waals surface area (Å²) in [6.45, 7) is -1.23. The van der Waals surface area contributed by atoms with Crippen LogP contribution in [0.5, 0.6) is 0 Å². The van der Waals surface area contributed by atoms with E-state index in [1.165, 1.54) is 0 Å². The Morgan fingerprint density at radius 1 is 0.806 bits per heavy atom. The van der Waals surface area contributed by atoms with E-state index < -0.39 is 92.8 Å². The summed E-state index contributed by atoms with van der Waals surface area (Å²) in [6, 6.07) is -3.09. The van der Waals surface area contributed by atoms with Crippen LogP contribution in [0.1, 0.15) is 19.3 Å². The second-order valence-corrected chi connectivity index (χ2v) is 8.56. The van der Waals surface area contributed by atoms with Gasteiger partial charge in [0.1, 0.15) is 43.3 Å². The van der Waals surface area contributed by atoms with Crippen LogP contribution in [-0.2, 0) is 18.9 Å². The molecule has 31 heavy (non-hydrogen) atoms. The molecule has 1 aliphatic carbocycles. The Labute approximate surface area is 179 Å². The van der Waals surface area contributed by atoms with Gasteiger partial charge in [-0.05, 0) is 19.3 Å². The maximum absolute atomic E-state index is 13.0. The van der Waals surface area contributed by atoms with Crippen molar-refractivity contribution in [3.05, 3.63) is 0 Å². The van der Waals surface area contributed by atoms with Crippen molar-refractivity contribution in [3.63, 3.8) is 0 Å². The number of aliphatic hydroxyl groups is 4. The molecule has 3 rings (SSSR count). The van der Waals surface area contributed by atoms with Gasteiger partial charge in [-0.3, -0.25) is 0 Å². The van der Waals surface area contributed by atoms with Gasteiger partial charge in [0, 0.05) is 12.1 Å². The zero-order valence-electron chi connectivity index (χ0n) is 17.2. The summed E-state index contributed by atoms with van der Waals surface area (Å²) < 4.78 is 35.6. The van der Waals surface area contributed by atoms with Crippen molar-refractivity contribution in [1.82, 2.24) is 0 Å². The van der Waals surface area contributed by atoms with Gasteiger partial charge in [0.2, 0.25) is 0 Å². The predicted octanol–water partition coefficient (Wildman–Crippen LogP) is -4.26. The molecule has 12 N–H and O–H groups in total. The molecule has 3 fully saturated rings. The van der Waals surface area contributed by atoms with Gasteiger partial charge in [-0.1, -0.05) is 0 Å². The van der Waals surface area contributed by atoms with Crippen LogP contribution >= 0.6 is 0 Å². The van der Waals surface area contributed by atoms with Gasteiger partial charge in [0.05, 0.1) is 24.8 Å². The van der Waals surface area contributed by atoms with E-state index in [9.17, 15) is 24.8 Å². The number of nitrogens with two attached hydrogens (primary N) is 4. The Hall–Kier alpha value is -0.550. The average Bonchev–Trinajstić information content (AvgIpc) is 2.75. The van der Waals surface area contributed by atoms with Crippen LogP contribution < -0.4 is 22.9 Å². The van der Waals surface area contributed by atoms with Crippen molar-refractivity contribution >= 4 is 0 Å². The zero-order chi connectivity index (χ0) is 22.9. The van der Waals surface area contributed by atoms with Crippen LogP contribution in [0.4, 0.5) is 4.39 Å². The molecule has 1 saturated carbocycles. The molecule has 0 amide bonds. The first-order chi connectivity index (χ1) is 14.7. The summed E-state index contributed by atoms with van der Waals surface area (Å²) in [6.07, 6.45) is -9.08. The van der Waals surface area contributed by atoms with Gasteiger partial charge in [-0.15, -0.1) is 0 Å². The monoisotopic (exact) mass is 454 g/mol. The fourth-order valence-electron chi connectivity index (χ4n) is 4.30. The minimum absolute atomic E-state index is 0.196. The van der Waals surface area contributed by atoms with Crippen molar-refractivity contribution in [3.8, 4) is 0 Å². The molecule has 0 radical (unpaired) electrons. The minimum atomic E-state index is -1.44. The first-order valence-corrected chi connectivity index (χ1v) is 10.5. The second-order valence-electron chi connectivity index (χ2n) is 8.56. The summed E-state index contributed by atoms with van der Waals surface area (Å²) >= 11 is 0. The lowest BCUT2D eigenvalue weighted by Gasteiger charge is -2.47. The normalized spacial score (nSPS) is 51.6. The molecule has 0 aromatic rings. The quantitative estimate of drug-likeness (QED) is 0.191. The van der Waals surface area contributed by atoms with E-state index >= 15 is 0 Å². The molecule has 3 aliphatic rings. The smallest absolute Gasteiger partial charge is 0.186 e. The van der Waals surface area contributed by atoms with Gasteiger partial charge >= 0.3 is 0 Å². The van der Waals surface area contributed by atoms with E-state index in [-0.39, 0.29) is 6.42 Å². The van der Waals surface area contributed by atoms with E-state index in [4.69, 9.17) is 41.9 Å². The summed E-state index contributed by atoms with van der Waals surface area (Å²) in [5, 5.41) is 40.6. The molecular formula is C18H35FN4O8. The Bertz CT molecular complexity index is 581. The van der Waals surface area contributed by atoms with Gasteiger partial charge in [-0.2, -0.15) is 0 Å². The SMILES string of the molecule is N[C@@H]1[C@@H](O)[C@@H](O[C@@H]2[C@@H](O)[C@H](O[C@H]3O[C@H](CF)CC[C@H]3N)[C@@H](N)C[C@H]2N)O[C@H](CO)[C@H]1O. The molecule has 0 spiro atoms. The number of aliphatic hydroxyl groups excluding tert-OH is 4. The lowest BCUT2D eigenvalue weighted by atomic mass is 9.84. The highest BCUT2D eigenvalue weighted by atomic mass is 19.1. The first kappa shape index (κ1) is 25.1. The Morgan fingerprint density at radius 3 is 2.00 bits per heavy atom. The molecule has 0 unspecified atom stereocenters. The number of alkyl halides is 1. The molecule has 2 heterocycles. The van der Waals surface area contributed by atoms with Gasteiger partial charge in [-0.25, -0.2) is 4.39 Å². The largest absolute Gasteiger partial charge is 0.394 e. The van der Waals surface area contributed by atoms with Crippen LogP contribution in [0.15, 0.2) is 0 Å². The fraction of sp³-hybridized carbons (Fsp3) is 1.00. The highest BCUT2D eigenvalue weighted by molar-refractivity contribution is 5.00. The standard InChI is InChI=1S/C18H35FN4O8/c19-4-6-1-2-7(20)17(28-6)30-15-8(21)3-9(22)16(14(15)27)31-18-13(26)11(23)12(25)10(5-24)29-18/h6-18,24-27H,1-5,20-23H2/t6-,7+,8-,9+,10+,11-,12+,13+,14-,15+,16-,17+,18+/m0/s1. The molecule has 13 atom stereocenters. The minimum Gasteiger partial charge on any atom is -0.394 e. The third-order valence-electron chi connectivity index (χ3n) is 6.25. The number of halogens is 1. The van der Waals surface area contributed by atoms with Gasteiger partial charge in [0.15, 0.2) is 12.6 Å². The van der Waals surface area contributed by atoms with Crippen molar-refractivity contribution in [2.45, 2.75) is 98.7 Å². The third-order valence-corrected chi connectivity index (χ3v) is 6.25. The highest BCUT2D eigenvalue weighted by Gasteiger charge is 2.49. The molecule has 12 nitrogen and oxygen atoms in total. The first-order valence-electron chi connectivity index (χ1n) is 10.5. The predicted molar refractivity (Wildman–Crippen MR) is 104 cm³/mol. The molecule has 182 valence electrons. The van der Waals surface area contributed by atoms with Crippen LogP contribution in [0.3, 0.4) is 0 Å². The molecule has 2 aliphatic heterocycles. The van der Waals surface area contributed by atoms with Crippen LogP contribution in [0, 0.1) is 0 Å². The molecule has 0 bridgehead atoms. The number of hydrogen-bond acceptors (Lipinski definition) is 12. The Kier molecular flexibility index (Phi) is 8.57. The number of rotatable bonds is 6. The summed E-state index contributed by atoms with van der Waals surface area (Å²) in [7, 11) is 0. The summed E-state index contributed by atoms with van der Waals surface area (Å²) in [5.41, 5.74) is 24.1. The lowest BCUT2D eigenvalue weighted by Crippen LogP contribution is -2.68. The molecule has 0 aromatic heterocycles. The van der Waals surface area contributed by atoms with Crippen molar-refractivity contribution in [2.75, 3.05) is 13.3 Å². The lowest BCUT2D eigenvalue weighted by molar-refractivity contribution is -0.313. The maximum Gasteiger partial charge on any atom is 0.186 e. The van der Waals surface area contributed by atoms with E-state index in [1.807, 2.05) is 0 Å². The second kappa shape index (κ2) is 10.6. The average molecular weight is 454 g/mol. The number of ether oxygens (including phenoxy) is 4. The fourth-order valence-corrected chi connectivity index (χ4v) is 4.30. The van der Waals surface area contributed by atoms with Crippen LogP contribution in [0.2, 0.25) is 0 Å². The maximum atomic E-state index is 13.0. The summed E-state index contributed by atoms with van der Waals surface area (Å²) in [4.78, 5) is 0. The Morgan fingerprint density at radius 2 is 1.42 bits per heavy atom. The summed E-state index contributed by atoms with van der Waals surface area (Å²) in [5.74, 6) is 0. The molecule has 2 saturated heterocycles. The van der Waals surface area contributed by atoms with Crippen molar-refractivity contribution in [2.24, 2.45) is 22.9 Å². The topological polar surface area (TPSA) is 222 Å². The molecule has 13 heteroatoms. The molecular weight excluding hydrogens is 419 g/mol. The van der Waals surface area contributed by atoms with Crippen LogP contribution in [0.25, 0.3) is 0 Å². The Balaban J connectivity index is 1.69.